The number of para-hydroxylation sites is 1. The van der Waals surface area contributed by atoms with Crippen molar-refractivity contribution in [2.24, 2.45) is 0 Å². The molecule has 2 aromatic rings. The molecule has 0 spiro atoms. The molecule has 0 bridgehead atoms. The van der Waals surface area contributed by atoms with Crippen LogP contribution in [0.25, 0.3) is 0 Å². The number of benzene rings is 2. The van der Waals surface area contributed by atoms with Gasteiger partial charge in [0.05, 0.1) is 20.3 Å². The second-order valence-corrected chi connectivity index (χ2v) is 7.06. The minimum absolute atomic E-state index is 0.296. The number of aliphatic carboxylic acids is 1. The molecular weight excluding hydrogens is 366 g/mol. The Kier molecular flexibility index (Phi) is 6.24. The fourth-order valence-electron chi connectivity index (χ4n) is 3.88. The highest BCUT2D eigenvalue weighted by molar-refractivity contribution is 6.30. The van der Waals surface area contributed by atoms with Crippen molar-refractivity contribution in [1.29, 1.82) is 0 Å². The fourth-order valence-corrected chi connectivity index (χ4v) is 4.08. The number of hydrogen-bond acceptors (Lipinski definition) is 4. The first-order valence-corrected chi connectivity index (χ1v) is 9.39. The van der Waals surface area contributed by atoms with Gasteiger partial charge >= 0.3 is 5.97 Å². The molecule has 1 N–H and O–H groups in total. The van der Waals surface area contributed by atoms with Crippen molar-refractivity contribution in [3.63, 3.8) is 0 Å². The Bertz CT molecular complexity index is 811. The molecule has 0 amide bonds. The van der Waals surface area contributed by atoms with Crippen molar-refractivity contribution in [3.8, 4) is 11.5 Å². The molecule has 2 unspecified atom stereocenters. The number of hydrogen-bond donors (Lipinski definition) is 1. The Hall–Kier alpha value is -2.24. The highest BCUT2D eigenvalue weighted by atomic mass is 35.5. The van der Waals surface area contributed by atoms with Crippen LogP contribution in [0.15, 0.2) is 42.5 Å². The Morgan fingerprint density at radius 3 is 2.63 bits per heavy atom. The van der Waals surface area contributed by atoms with Gasteiger partial charge in [-0.25, -0.2) is 0 Å². The number of carbonyl (C=O) groups is 1. The summed E-state index contributed by atoms with van der Waals surface area (Å²) in [7, 11) is 3.19. The molecule has 1 heterocycles. The maximum atomic E-state index is 12.0. The number of rotatable bonds is 6. The van der Waals surface area contributed by atoms with Crippen LogP contribution in [0.1, 0.15) is 36.4 Å². The van der Waals surface area contributed by atoms with Crippen LogP contribution in [0.4, 0.5) is 0 Å². The molecule has 2 aromatic carbocycles. The van der Waals surface area contributed by atoms with Crippen LogP contribution in [0.2, 0.25) is 5.02 Å². The lowest BCUT2D eigenvalue weighted by atomic mass is 9.91. The van der Waals surface area contributed by atoms with Crippen LogP contribution < -0.4 is 9.47 Å². The second-order valence-electron chi connectivity index (χ2n) is 6.63. The summed E-state index contributed by atoms with van der Waals surface area (Å²) < 4.78 is 11.1. The van der Waals surface area contributed by atoms with E-state index in [1.807, 2.05) is 47.4 Å². The van der Waals surface area contributed by atoms with Gasteiger partial charge in [0.2, 0.25) is 0 Å². The zero-order chi connectivity index (χ0) is 19.4. The smallest absolute Gasteiger partial charge is 0.320 e. The zero-order valence-corrected chi connectivity index (χ0v) is 16.3. The summed E-state index contributed by atoms with van der Waals surface area (Å²) in [6.45, 7) is 0.689. The van der Waals surface area contributed by atoms with E-state index in [-0.39, 0.29) is 6.04 Å². The van der Waals surface area contributed by atoms with Gasteiger partial charge in [-0.1, -0.05) is 42.3 Å². The predicted octanol–water partition coefficient (Wildman–Crippen LogP) is 4.39. The van der Waals surface area contributed by atoms with E-state index in [4.69, 9.17) is 21.1 Å². The third kappa shape index (κ3) is 4.04. The van der Waals surface area contributed by atoms with Gasteiger partial charge in [-0.3, -0.25) is 9.69 Å². The summed E-state index contributed by atoms with van der Waals surface area (Å²) in [5.74, 6) is 0.425. The minimum Gasteiger partial charge on any atom is -0.493 e. The number of likely N-dealkylation sites (tertiary alicyclic amines) is 1. The van der Waals surface area contributed by atoms with Gasteiger partial charge in [-0.05, 0) is 43.1 Å². The first-order chi connectivity index (χ1) is 13.1. The van der Waals surface area contributed by atoms with Crippen LogP contribution in [-0.4, -0.2) is 42.8 Å². The molecule has 3 rings (SSSR count). The molecular formula is C21H24ClNO4. The third-order valence-electron chi connectivity index (χ3n) is 5.05. The number of halogens is 1. The Balaban J connectivity index is 2.18. The number of carboxylic acid groups (broad SMARTS) is 1. The van der Waals surface area contributed by atoms with Crippen molar-refractivity contribution < 1.29 is 19.4 Å². The van der Waals surface area contributed by atoms with Crippen LogP contribution in [0.5, 0.6) is 11.5 Å². The van der Waals surface area contributed by atoms with Crippen LogP contribution in [0, 0.1) is 0 Å². The topological polar surface area (TPSA) is 59.0 Å². The summed E-state index contributed by atoms with van der Waals surface area (Å²) in [4.78, 5) is 14.0. The average molecular weight is 390 g/mol. The number of ether oxygens (including phenoxy) is 2. The molecule has 27 heavy (non-hydrogen) atoms. The highest BCUT2D eigenvalue weighted by Crippen LogP contribution is 2.42. The Labute approximate surface area is 164 Å². The first-order valence-electron chi connectivity index (χ1n) is 9.01. The zero-order valence-electron chi connectivity index (χ0n) is 15.5. The lowest BCUT2D eigenvalue weighted by Crippen LogP contribution is -2.46. The molecule has 0 saturated carbocycles. The van der Waals surface area contributed by atoms with Crippen molar-refractivity contribution in [2.75, 3.05) is 20.8 Å². The van der Waals surface area contributed by atoms with Crippen molar-refractivity contribution in [2.45, 2.75) is 31.3 Å². The first kappa shape index (κ1) is 19.5. The van der Waals surface area contributed by atoms with E-state index in [0.717, 1.165) is 24.0 Å². The van der Waals surface area contributed by atoms with E-state index in [1.165, 1.54) is 0 Å². The van der Waals surface area contributed by atoms with Gasteiger partial charge in [0.1, 0.15) is 6.04 Å². The number of methoxy groups -OCH3 is 2. The van der Waals surface area contributed by atoms with E-state index in [0.29, 0.717) is 29.5 Å². The van der Waals surface area contributed by atoms with Gasteiger partial charge in [-0.2, -0.15) is 0 Å². The lowest BCUT2D eigenvalue weighted by molar-refractivity contribution is -0.145. The second kappa shape index (κ2) is 8.63. The van der Waals surface area contributed by atoms with E-state index < -0.39 is 12.0 Å². The molecule has 1 aliphatic rings. The van der Waals surface area contributed by atoms with Crippen LogP contribution >= 0.6 is 11.6 Å². The van der Waals surface area contributed by atoms with Gasteiger partial charge < -0.3 is 14.6 Å². The van der Waals surface area contributed by atoms with Gasteiger partial charge in [0.25, 0.3) is 0 Å². The Morgan fingerprint density at radius 2 is 1.96 bits per heavy atom. The van der Waals surface area contributed by atoms with Crippen LogP contribution in [-0.2, 0) is 4.79 Å². The molecule has 6 heteroatoms. The fraction of sp³-hybridized carbons (Fsp3) is 0.381. The van der Waals surface area contributed by atoms with E-state index in [9.17, 15) is 9.90 Å². The maximum Gasteiger partial charge on any atom is 0.320 e. The SMILES string of the molecule is COc1cccc(C(c2cccc(Cl)c2)N2CCCCC2C(=O)O)c1OC. The molecule has 0 aliphatic carbocycles. The van der Waals surface area contributed by atoms with Gasteiger partial charge in [0, 0.05) is 10.6 Å². The van der Waals surface area contributed by atoms with Gasteiger partial charge in [0.15, 0.2) is 11.5 Å². The average Bonchev–Trinajstić information content (AvgIpc) is 2.68. The maximum absolute atomic E-state index is 12.0. The number of piperidine rings is 1. The van der Waals surface area contributed by atoms with E-state index in [1.54, 1.807) is 14.2 Å². The lowest BCUT2D eigenvalue weighted by Gasteiger charge is -2.40. The largest absolute Gasteiger partial charge is 0.493 e. The normalized spacial score (nSPS) is 18.7. The Morgan fingerprint density at radius 1 is 1.19 bits per heavy atom. The minimum atomic E-state index is -0.802. The van der Waals surface area contributed by atoms with Gasteiger partial charge in [-0.15, -0.1) is 0 Å². The van der Waals surface area contributed by atoms with E-state index in [2.05, 4.69) is 0 Å². The highest BCUT2D eigenvalue weighted by Gasteiger charge is 2.36. The molecule has 1 saturated heterocycles. The summed E-state index contributed by atoms with van der Waals surface area (Å²) in [5.41, 5.74) is 1.80. The monoisotopic (exact) mass is 389 g/mol. The summed E-state index contributed by atoms with van der Waals surface area (Å²) >= 11 is 6.26. The molecule has 0 aromatic heterocycles. The molecule has 1 aliphatic heterocycles. The van der Waals surface area contributed by atoms with Crippen molar-refractivity contribution >= 4 is 17.6 Å². The van der Waals surface area contributed by atoms with Crippen molar-refractivity contribution in [1.82, 2.24) is 4.90 Å². The summed E-state index contributed by atoms with van der Waals surface area (Å²) in [6.07, 6.45) is 2.48. The quantitative estimate of drug-likeness (QED) is 0.794. The standard InChI is InChI=1S/C21H24ClNO4/c1-26-18-11-6-9-16(20(18)27-2)19(14-7-5-8-15(22)13-14)23-12-4-3-10-17(23)21(24)25/h5-9,11,13,17,19H,3-4,10,12H2,1-2H3,(H,24,25). The van der Waals surface area contributed by atoms with Crippen LogP contribution in [0.3, 0.4) is 0 Å². The molecule has 2 atom stereocenters. The number of carboxylic acids is 1. The molecule has 144 valence electrons. The molecule has 5 nitrogen and oxygen atoms in total. The third-order valence-corrected chi connectivity index (χ3v) is 5.29. The van der Waals surface area contributed by atoms with E-state index >= 15 is 0 Å². The summed E-state index contributed by atoms with van der Waals surface area (Å²) in [5, 5.41) is 10.4. The van der Waals surface area contributed by atoms with Crippen molar-refractivity contribution in [3.05, 3.63) is 58.6 Å². The molecule has 1 fully saturated rings. The molecule has 0 radical (unpaired) electrons. The number of nitrogens with zero attached hydrogens (tertiary/aromatic N) is 1. The predicted molar refractivity (Wildman–Crippen MR) is 105 cm³/mol. The summed E-state index contributed by atoms with van der Waals surface area (Å²) in [6, 6.07) is 12.4.